The molecule has 0 saturated heterocycles. The van der Waals surface area contributed by atoms with E-state index < -0.39 is 10.0 Å². The SMILES string of the molecule is CN(CCN)S(=O)(=O)c1ccn(C)c1. The average Bonchev–Trinajstić information content (AvgIpc) is 2.52. The number of aromatic nitrogens is 1. The summed E-state index contributed by atoms with van der Waals surface area (Å²) >= 11 is 0. The summed E-state index contributed by atoms with van der Waals surface area (Å²) in [6.07, 6.45) is 3.27. The summed E-state index contributed by atoms with van der Waals surface area (Å²) in [6, 6.07) is 1.57. The molecule has 0 aliphatic carbocycles. The Labute approximate surface area is 84.2 Å². The van der Waals surface area contributed by atoms with Crippen LogP contribution in [-0.4, -0.2) is 37.4 Å². The average molecular weight is 217 g/mol. The highest BCUT2D eigenvalue weighted by Crippen LogP contribution is 2.13. The standard InChI is InChI=1S/C8H15N3O2S/c1-10-5-3-8(7-10)14(12,13)11(2)6-4-9/h3,5,7H,4,6,9H2,1-2H3. The molecule has 1 aromatic rings. The van der Waals surface area contributed by atoms with Gasteiger partial charge in [-0.2, -0.15) is 4.31 Å². The molecule has 0 bridgehead atoms. The van der Waals surface area contributed by atoms with Crippen molar-refractivity contribution in [2.75, 3.05) is 20.1 Å². The number of rotatable bonds is 4. The van der Waals surface area contributed by atoms with Gasteiger partial charge in [-0.3, -0.25) is 0 Å². The summed E-state index contributed by atoms with van der Waals surface area (Å²) in [5, 5.41) is 0. The Kier molecular flexibility index (Phi) is 3.30. The molecule has 2 N–H and O–H groups in total. The molecule has 0 aromatic carbocycles. The van der Waals surface area contributed by atoms with Crippen LogP contribution < -0.4 is 5.73 Å². The van der Waals surface area contributed by atoms with Crippen LogP contribution in [0.25, 0.3) is 0 Å². The van der Waals surface area contributed by atoms with Crippen molar-refractivity contribution in [2.24, 2.45) is 12.8 Å². The zero-order chi connectivity index (χ0) is 10.8. The van der Waals surface area contributed by atoms with Crippen molar-refractivity contribution >= 4 is 10.0 Å². The van der Waals surface area contributed by atoms with Crippen molar-refractivity contribution in [1.29, 1.82) is 0 Å². The van der Waals surface area contributed by atoms with Gasteiger partial charge in [-0.15, -0.1) is 0 Å². The highest BCUT2D eigenvalue weighted by Gasteiger charge is 2.20. The molecular formula is C8H15N3O2S. The van der Waals surface area contributed by atoms with Crippen LogP contribution in [0.4, 0.5) is 0 Å². The van der Waals surface area contributed by atoms with Crippen molar-refractivity contribution in [3.05, 3.63) is 18.5 Å². The fourth-order valence-electron chi connectivity index (χ4n) is 1.11. The van der Waals surface area contributed by atoms with E-state index in [2.05, 4.69) is 0 Å². The third-order valence-electron chi connectivity index (χ3n) is 1.96. The second-order valence-electron chi connectivity index (χ2n) is 3.13. The molecule has 0 spiro atoms. The lowest BCUT2D eigenvalue weighted by Crippen LogP contribution is -2.31. The zero-order valence-corrected chi connectivity index (χ0v) is 9.16. The lowest BCUT2D eigenvalue weighted by molar-refractivity contribution is 0.476. The summed E-state index contributed by atoms with van der Waals surface area (Å²) in [7, 11) is -0.0451. The summed E-state index contributed by atoms with van der Waals surface area (Å²) in [5.74, 6) is 0. The molecule has 0 aliphatic heterocycles. The third kappa shape index (κ3) is 2.14. The molecular weight excluding hydrogens is 202 g/mol. The molecule has 5 nitrogen and oxygen atoms in total. The lowest BCUT2D eigenvalue weighted by Gasteiger charge is -2.14. The van der Waals surface area contributed by atoms with Gasteiger partial charge in [-0.05, 0) is 6.07 Å². The van der Waals surface area contributed by atoms with Gasteiger partial charge in [0.25, 0.3) is 0 Å². The highest BCUT2D eigenvalue weighted by atomic mass is 32.2. The molecule has 1 heterocycles. The zero-order valence-electron chi connectivity index (χ0n) is 8.34. The second kappa shape index (κ2) is 4.12. The Morgan fingerprint density at radius 3 is 2.64 bits per heavy atom. The van der Waals surface area contributed by atoms with Gasteiger partial charge in [-0.25, -0.2) is 8.42 Å². The molecule has 0 amide bonds. The molecule has 14 heavy (non-hydrogen) atoms. The third-order valence-corrected chi connectivity index (χ3v) is 3.80. The number of aryl methyl sites for hydroxylation is 1. The van der Waals surface area contributed by atoms with Crippen molar-refractivity contribution in [3.63, 3.8) is 0 Å². The van der Waals surface area contributed by atoms with Crippen LogP contribution in [0.3, 0.4) is 0 Å². The summed E-state index contributed by atoms with van der Waals surface area (Å²) in [5.41, 5.74) is 5.30. The van der Waals surface area contributed by atoms with Crippen LogP contribution in [0.15, 0.2) is 23.4 Å². The van der Waals surface area contributed by atoms with Crippen molar-refractivity contribution in [2.45, 2.75) is 4.90 Å². The normalized spacial score (nSPS) is 12.3. The van der Waals surface area contributed by atoms with Crippen LogP contribution in [0.1, 0.15) is 0 Å². The minimum Gasteiger partial charge on any atom is -0.356 e. The molecule has 0 saturated carbocycles. The first-order valence-electron chi connectivity index (χ1n) is 4.27. The van der Waals surface area contributed by atoms with E-state index >= 15 is 0 Å². The quantitative estimate of drug-likeness (QED) is 0.746. The fourth-order valence-corrected chi connectivity index (χ4v) is 2.35. The highest BCUT2D eigenvalue weighted by molar-refractivity contribution is 7.89. The van der Waals surface area contributed by atoms with Gasteiger partial charge in [0.2, 0.25) is 10.0 Å². The van der Waals surface area contributed by atoms with E-state index in [-0.39, 0.29) is 0 Å². The summed E-state index contributed by atoms with van der Waals surface area (Å²) in [6.45, 7) is 0.653. The van der Waals surface area contributed by atoms with Gasteiger partial charge < -0.3 is 10.3 Å². The minimum atomic E-state index is -3.35. The maximum Gasteiger partial charge on any atom is 0.244 e. The van der Waals surface area contributed by atoms with Gasteiger partial charge in [0, 0.05) is 39.6 Å². The molecule has 0 atom stereocenters. The largest absolute Gasteiger partial charge is 0.356 e. The molecule has 0 radical (unpaired) electrons. The maximum absolute atomic E-state index is 11.8. The molecule has 0 unspecified atom stereocenters. The Hall–Kier alpha value is -0.850. The molecule has 6 heteroatoms. The van der Waals surface area contributed by atoms with Gasteiger partial charge in [-0.1, -0.05) is 0 Å². The molecule has 1 rings (SSSR count). The van der Waals surface area contributed by atoms with Crippen LogP contribution in [0.2, 0.25) is 0 Å². The van der Waals surface area contributed by atoms with Crippen LogP contribution in [0.5, 0.6) is 0 Å². The van der Waals surface area contributed by atoms with Crippen LogP contribution >= 0.6 is 0 Å². The first kappa shape index (κ1) is 11.2. The Morgan fingerprint density at radius 1 is 1.57 bits per heavy atom. The van der Waals surface area contributed by atoms with Crippen molar-refractivity contribution in [1.82, 2.24) is 8.87 Å². The number of likely N-dealkylation sites (N-methyl/N-ethyl adjacent to an activating group) is 1. The van der Waals surface area contributed by atoms with Gasteiger partial charge in [0.1, 0.15) is 0 Å². The monoisotopic (exact) mass is 217 g/mol. The van der Waals surface area contributed by atoms with Crippen molar-refractivity contribution in [3.8, 4) is 0 Å². The second-order valence-corrected chi connectivity index (χ2v) is 5.17. The Balaban J connectivity index is 2.96. The van der Waals surface area contributed by atoms with Gasteiger partial charge >= 0.3 is 0 Å². The number of hydrogen-bond donors (Lipinski definition) is 1. The van der Waals surface area contributed by atoms with E-state index in [0.29, 0.717) is 18.0 Å². The molecule has 0 fully saturated rings. The number of nitrogens with two attached hydrogens (primary N) is 1. The first-order valence-corrected chi connectivity index (χ1v) is 5.71. The summed E-state index contributed by atoms with van der Waals surface area (Å²) in [4.78, 5) is 0.302. The fraction of sp³-hybridized carbons (Fsp3) is 0.500. The topological polar surface area (TPSA) is 68.3 Å². The predicted octanol–water partition coefficient (Wildman–Crippen LogP) is -0.396. The number of nitrogens with zero attached hydrogens (tertiary/aromatic N) is 2. The number of hydrogen-bond acceptors (Lipinski definition) is 3. The summed E-state index contributed by atoms with van der Waals surface area (Å²) < 4.78 is 26.5. The minimum absolute atomic E-state index is 0.302. The smallest absolute Gasteiger partial charge is 0.244 e. The van der Waals surface area contributed by atoms with E-state index in [0.717, 1.165) is 0 Å². The van der Waals surface area contributed by atoms with E-state index in [9.17, 15) is 8.42 Å². The van der Waals surface area contributed by atoms with E-state index in [1.54, 1.807) is 30.1 Å². The van der Waals surface area contributed by atoms with Crippen molar-refractivity contribution < 1.29 is 8.42 Å². The Bertz CT molecular complexity index is 396. The Morgan fingerprint density at radius 2 is 2.21 bits per heavy atom. The number of sulfonamides is 1. The van der Waals surface area contributed by atoms with E-state index in [1.165, 1.54) is 11.4 Å². The molecule has 80 valence electrons. The van der Waals surface area contributed by atoms with E-state index in [4.69, 9.17) is 5.73 Å². The van der Waals surface area contributed by atoms with Crippen LogP contribution in [0, 0.1) is 0 Å². The van der Waals surface area contributed by atoms with Gasteiger partial charge in [0.05, 0.1) is 4.90 Å². The van der Waals surface area contributed by atoms with Gasteiger partial charge in [0.15, 0.2) is 0 Å². The maximum atomic E-state index is 11.8. The van der Waals surface area contributed by atoms with E-state index in [1.807, 2.05) is 0 Å². The molecule has 1 aromatic heterocycles. The lowest BCUT2D eigenvalue weighted by atomic mass is 10.7. The van der Waals surface area contributed by atoms with Crippen LogP contribution in [-0.2, 0) is 17.1 Å². The first-order chi connectivity index (χ1) is 6.48. The predicted molar refractivity (Wildman–Crippen MR) is 54.3 cm³/mol. The molecule has 0 aliphatic rings.